The molecule has 138 valence electrons. The van der Waals surface area contributed by atoms with Gasteiger partial charge < -0.3 is 19.3 Å². The molecule has 3 atom stereocenters. The Morgan fingerprint density at radius 3 is 2.56 bits per heavy atom. The lowest BCUT2D eigenvalue weighted by Gasteiger charge is -2.35. The zero-order chi connectivity index (χ0) is 18.3. The number of esters is 1. The van der Waals surface area contributed by atoms with E-state index in [-0.39, 0.29) is 6.42 Å². The van der Waals surface area contributed by atoms with Gasteiger partial charge in [0.25, 0.3) is 0 Å². The van der Waals surface area contributed by atoms with Crippen molar-refractivity contribution in [2.45, 2.75) is 81.8 Å². The van der Waals surface area contributed by atoms with Gasteiger partial charge in [-0.2, -0.15) is 0 Å². The molecule has 1 spiro atoms. The number of carbonyl (C=O) groups is 1. The molecule has 0 radical (unpaired) electrons. The zero-order valence-electron chi connectivity index (χ0n) is 15.6. The Hall–Kier alpha value is -1.13. The maximum Gasteiger partial charge on any atom is 0.333 e. The summed E-state index contributed by atoms with van der Waals surface area (Å²) in [6.07, 6.45) is 5.73. The average molecular weight is 365 g/mol. The van der Waals surface area contributed by atoms with Gasteiger partial charge in [-0.05, 0) is 18.9 Å². The Kier molecular flexibility index (Phi) is 4.88. The van der Waals surface area contributed by atoms with Gasteiger partial charge in [-0.15, -0.1) is 5.54 Å². The minimum Gasteiger partial charge on any atom is -0.466 e. The van der Waals surface area contributed by atoms with E-state index in [2.05, 4.69) is 31.1 Å². The van der Waals surface area contributed by atoms with Gasteiger partial charge in [-0.25, -0.2) is 4.79 Å². The maximum absolute atomic E-state index is 12.1. The van der Waals surface area contributed by atoms with E-state index in [1.54, 1.807) is 6.08 Å². The molecule has 25 heavy (non-hydrogen) atoms. The fraction of sp³-hybridized carbons (Fsp3) is 0.737. The van der Waals surface area contributed by atoms with Crippen molar-refractivity contribution in [1.82, 2.24) is 0 Å². The van der Waals surface area contributed by atoms with Crippen LogP contribution in [0.3, 0.4) is 0 Å². The molecule has 1 saturated carbocycles. The molecule has 0 aromatic rings. The van der Waals surface area contributed by atoms with Crippen LogP contribution in [0.2, 0.25) is 19.6 Å². The summed E-state index contributed by atoms with van der Waals surface area (Å²) >= 11 is 0. The second kappa shape index (κ2) is 6.55. The van der Waals surface area contributed by atoms with Crippen LogP contribution in [0.15, 0.2) is 11.6 Å². The Morgan fingerprint density at radius 1 is 1.28 bits per heavy atom. The third kappa shape index (κ3) is 3.85. The zero-order valence-corrected chi connectivity index (χ0v) is 16.6. The van der Waals surface area contributed by atoms with Gasteiger partial charge in [0.15, 0.2) is 11.4 Å². The minimum absolute atomic E-state index is 0.109. The van der Waals surface area contributed by atoms with E-state index in [1.807, 2.05) is 0 Å². The predicted octanol–water partition coefficient (Wildman–Crippen LogP) is 2.55. The molecule has 2 aliphatic carbocycles. The lowest BCUT2D eigenvalue weighted by molar-refractivity contribution is -0.202. The van der Waals surface area contributed by atoms with Gasteiger partial charge >= 0.3 is 5.97 Å². The number of ether oxygens (including phenoxy) is 3. The molecule has 0 aromatic heterocycles. The summed E-state index contributed by atoms with van der Waals surface area (Å²) in [5.41, 5.74) is 2.22. The van der Waals surface area contributed by atoms with Gasteiger partial charge in [-0.1, -0.05) is 32.0 Å². The second-order valence-corrected chi connectivity index (χ2v) is 13.1. The molecule has 6 heteroatoms. The number of hydrogen-bond acceptors (Lipinski definition) is 5. The highest BCUT2D eigenvalue weighted by atomic mass is 28.3. The number of rotatable bonds is 1. The molecule has 0 unspecified atom stereocenters. The van der Waals surface area contributed by atoms with Crippen LogP contribution in [0, 0.1) is 11.5 Å². The summed E-state index contributed by atoms with van der Waals surface area (Å²) in [4.78, 5) is 12.1. The molecular weight excluding hydrogens is 336 g/mol. The molecule has 1 saturated heterocycles. The van der Waals surface area contributed by atoms with Crippen LogP contribution in [-0.4, -0.2) is 49.9 Å². The van der Waals surface area contributed by atoms with Gasteiger partial charge in [0.2, 0.25) is 0 Å². The van der Waals surface area contributed by atoms with E-state index in [1.165, 1.54) is 13.5 Å². The van der Waals surface area contributed by atoms with E-state index >= 15 is 0 Å². The smallest absolute Gasteiger partial charge is 0.333 e. The first-order valence-corrected chi connectivity index (χ1v) is 12.6. The fourth-order valence-corrected chi connectivity index (χ4v) is 4.37. The topological polar surface area (TPSA) is 65.0 Å². The Balaban J connectivity index is 1.96. The van der Waals surface area contributed by atoms with Crippen molar-refractivity contribution in [2.24, 2.45) is 0 Å². The first-order chi connectivity index (χ1) is 11.7. The largest absolute Gasteiger partial charge is 0.466 e. The molecule has 5 nitrogen and oxygen atoms in total. The molecule has 2 fully saturated rings. The number of methoxy groups -OCH3 is 1. The van der Waals surface area contributed by atoms with E-state index < -0.39 is 37.6 Å². The number of aliphatic hydroxyl groups is 1. The lowest BCUT2D eigenvalue weighted by Crippen LogP contribution is -2.50. The van der Waals surface area contributed by atoms with Crippen LogP contribution in [0.25, 0.3) is 0 Å². The number of fused-ring (bicyclic) bond motifs is 1. The van der Waals surface area contributed by atoms with Crippen molar-refractivity contribution in [3.05, 3.63) is 11.6 Å². The first kappa shape index (κ1) is 18.7. The van der Waals surface area contributed by atoms with E-state index in [9.17, 15) is 9.90 Å². The highest BCUT2D eigenvalue weighted by Gasteiger charge is 2.57. The van der Waals surface area contributed by atoms with E-state index in [0.717, 1.165) is 25.7 Å². The van der Waals surface area contributed by atoms with Crippen molar-refractivity contribution < 1.29 is 24.1 Å². The SMILES string of the molecule is COC(=O)C1=C[C@@H]2OC3(CCCCC3)O[C@@H]2[C@@](O)(C#C[Si](C)(C)C)C1. The summed E-state index contributed by atoms with van der Waals surface area (Å²) in [6.45, 7) is 6.36. The van der Waals surface area contributed by atoms with Crippen LogP contribution in [0.5, 0.6) is 0 Å². The summed E-state index contributed by atoms with van der Waals surface area (Å²) in [5, 5.41) is 11.3. The Morgan fingerprint density at radius 2 is 1.96 bits per heavy atom. The van der Waals surface area contributed by atoms with Crippen LogP contribution >= 0.6 is 0 Å². The van der Waals surface area contributed by atoms with Gasteiger partial charge in [0, 0.05) is 24.8 Å². The van der Waals surface area contributed by atoms with Crippen LogP contribution < -0.4 is 0 Å². The van der Waals surface area contributed by atoms with E-state index in [4.69, 9.17) is 14.2 Å². The normalized spacial score (nSPS) is 33.9. The summed E-state index contributed by atoms with van der Waals surface area (Å²) < 4.78 is 17.4. The number of hydrogen-bond donors (Lipinski definition) is 1. The molecule has 1 heterocycles. The summed E-state index contributed by atoms with van der Waals surface area (Å²) in [7, 11) is -0.347. The molecule has 0 aromatic carbocycles. The summed E-state index contributed by atoms with van der Waals surface area (Å²) in [6, 6.07) is 0. The molecular formula is C19H28O5Si. The number of carbonyl (C=O) groups excluding carboxylic acids is 1. The predicted molar refractivity (Wildman–Crippen MR) is 96.3 cm³/mol. The highest BCUT2D eigenvalue weighted by Crippen LogP contribution is 2.47. The lowest BCUT2D eigenvalue weighted by atomic mass is 9.81. The highest BCUT2D eigenvalue weighted by molar-refractivity contribution is 6.83. The third-order valence-electron chi connectivity index (χ3n) is 5.00. The Bertz CT molecular complexity index is 632. The van der Waals surface area contributed by atoms with Gasteiger partial charge in [0.05, 0.1) is 7.11 Å². The molecule has 0 bridgehead atoms. The molecule has 3 aliphatic rings. The van der Waals surface area contributed by atoms with Crippen molar-refractivity contribution in [1.29, 1.82) is 0 Å². The molecule has 0 amide bonds. The minimum atomic E-state index is -1.69. The van der Waals surface area contributed by atoms with E-state index in [0.29, 0.717) is 5.57 Å². The first-order valence-electron chi connectivity index (χ1n) is 9.08. The average Bonchev–Trinajstić information content (AvgIpc) is 2.91. The van der Waals surface area contributed by atoms with Crippen molar-refractivity contribution in [3.8, 4) is 11.5 Å². The molecule has 1 aliphatic heterocycles. The molecule has 3 rings (SSSR count). The Labute approximate surface area is 150 Å². The van der Waals surface area contributed by atoms with Crippen LogP contribution in [0.1, 0.15) is 38.5 Å². The monoisotopic (exact) mass is 364 g/mol. The molecule has 1 N–H and O–H groups in total. The second-order valence-electron chi connectivity index (χ2n) is 8.38. The van der Waals surface area contributed by atoms with Crippen molar-refractivity contribution in [2.75, 3.05) is 7.11 Å². The van der Waals surface area contributed by atoms with Crippen LogP contribution in [-0.2, 0) is 19.0 Å². The van der Waals surface area contributed by atoms with Crippen molar-refractivity contribution >= 4 is 14.0 Å². The fourth-order valence-electron chi connectivity index (χ4n) is 3.78. The van der Waals surface area contributed by atoms with Gasteiger partial charge in [0.1, 0.15) is 20.3 Å². The van der Waals surface area contributed by atoms with Crippen LogP contribution in [0.4, 0.5) is 0 Å². The summed E-state index contributed by atoms with van der Waals surface area (Å²) in [5.74, 6) is 1.96. The van der Waals surface area contributed by atoms with Crippen molar-refractivity contribution in [3.63, 3.8) is 0 Å². The van der Waals surface area contributed by atoms with Gasteiger partial charge in [-0.3, -0.25) is 0 Å². The third-order valence-corrected chi connectivity index (χ3v) is 5.88. The standard InChI is InChI=1S/C19H28O5Si/c1-22-17(20)14-12-15-16(18(21,13-14)10-11-25(2,3)4)24-19(23-15)8-6-5-7-9-19/h12,15-16,21H,5-9,13H2,1-4H3/t15-,16-,18+/m0/s1. The quantitative estimate of drug-likeness (QED) is 0.440. The maximum atomic E-state index is 12.1.